The number of benzene rings is 1. The Balaban J connectivity index is 0.00000208. The number of rotatable bonds is 8. The number of ether oxygens (including phenoxy) is 1. The highest BCUT2D eigenvalue weighted by atomic mass is 35.5. The van der Waals surface area contributed by atoms with Gasteiger partial charge in [0.25, 0.3) is 5.91 Å². The van der Waals surface area contributed by atoms with Gasteiger partial charge in [-0.2, -0.15) is 0 Å². The summed E-state index contributed by atoms with van der Waals surface area (Å²) in [4.78, 5) is 16.5. The van der Waals surface area contributed by atoms with Crippen molar-refractivity contribution in [1.82, 2.24) is 10.3 Å². The molecule has 0 saturated heterocycles. The van der Waals surface area contributed by atoms with E-state index in [0.717, 1.165) is 22.9 Å². The fraction of sp³-hybridized carbons (Fsp3) is 0.412. The number of carbonyl (C=O) groups excluding carboxylic acids is 1. The van der Waals surface area contributed by atoms with Crippen molar-refractivity contribution in [2.24, 2.45) is 11.7 Å². The lowest BCUT2D eigenvalue weighted by atomic mass is 10.2. The number of carbonyl (C=O) groups is 1. The van der Waals surface area contributed by atoms with E-state index >= 15 is 0 Å². The van der Waals surface area contributed by atoms with Crippen molar-refractivity contribution in [2.45, 2.75) is 25.8 Å². The Hall–Kier alpha value is -1.63. The summed E-state index contributed by atoms with van der Waals surface area (Å²) in [6.07, 6.45) is 3.22. The zero-order chi connectivity index (χ0) is 16.1. The number of amides is 1. The summed E-state index contributed by atoms with van der Waals surface area (Å²) < 4.78 is 5.86. The fourth-order valence-corrected chi connectivity index (χ4v) is 3.00. The first-order valence-electron chi connectivity index (χ1n) is 7.89. The standard InChI is InChI=1S/C17H21N3O2S.ClH/c18-8-7-16-20-14(11-23-16)17(21)19-9-13-3-1-2-4-15(13)22-10-12-5-6-12;/h1-4,11-12H,5-10,18H2,(H,19,21);1H. The number of aromatic nitrogens is 1. The minimum atomic E-state index is -0.165. The Morgan fingerprint density at radius 3 is 2.92 bits per heavy atom. The van der Waals surface area contributed by atoms with Crippen LogP contribution in [0.25, 0.3) is 0 Å². The normalized spacial score (nSPS) is 13.2. The van der Waals surface area contributed by atoms with E-state index in [4.69, 9.17) is 10.5 Å². The molecule has 1 aromatic heterocycles. The number of nitrogens with zero attached hydrogens (tertiary/aromatic N) is 1. The van der Waals surface area contributed by atoms with Gasteiger partial charge in [-0.3, -0.25) is 4.79 Å². The fourth-order valence-electron chi connectivity index (χ4n) is 2.20. The monoisotopic (exact) mass is 367 g/mol. The van der Waals surface area contributed by atoms with Gasteiger partial charge in [0.2, 0.25) is 0 Å². The Morgan fingerprint density at radius 1 is 1.38 bits per heavy atom. The van der Waals surface area contributed by atoms with Gasteiger partial charge >= 0.3 is 0 Å². The molecule has 1 aliphatic carbocycles. The first-order valence-corrected chi connectivity index (χ1v) is 8.77. The molecule has 24 heavy (non-hydrogen) atoms. The largest absolute Gasteiger partial charge is 0.493 e. The maximum atomic E-state index is 12.2. The summed E-state index contributed by atoms with van der Waals surface area (Å²) in [5, 5.41) is 5.58. The molecule has 5 nitrogen and oxygen atoms in total. The summed E-state index contributed by atoms with van der Waals surface area (Å²) in [5.74, 6) is 1.39. The van der Waals surface area contributed by atoms with E-state index in [1.807, 2.05) is 24.3 Å². The Kier molecular flexibility index (Phi) is 7.02. The van der Waals surface area contributed by atoms with Crippen LogP contribution in [0.1, 0.15) is 33.9 Å². The minimum absolute atomic E-state index is 0. The molecule has 1 amide bonds. The van der Waals surface area contributed by atoms with E-state index in [9.17, 15) is 4.79 Å². The van der Waals surface area contributed by atoms with Gasteiger partial charge in [-0.15, -0.1) is 23.7 Å². The van der Waals surface area contributed by atoms with Gasteiger partial charge in [-0.05, 0) is 31.4 Å². The van der Waals surface area contributed by atoms with E-state index in [0.29, 0.717) is 31.1 Å². The predicted molar refractivity (Wildman–Crippen MR) is 98.0 cm³/mol. The molecule has 0 spiro atoms. The minimum Gasteiger partial charge on any atom is -0.493 e. The molecule has 0 aliphatic heterocycles. The van der Waals surface area contributed by atoms with Crippen molar-refractivity contribution < 1.29 is 9.53 Å². The molecule has 1 saturated carbocycles. The third-order valence-electron chi connectivity index (χ3n) is 3.73. The third kappa shape index (κ3) is 5.19. The summed E-state index contributed by atoms with van der Waals surface area (Å²) >= 11 is 1.47. The van der Waals surface area contributed by atoms with Gasteiger partial charge in [0, 0.05) is 23.9 Å². The molecule has 130 valence electrons. The van der Waals surface area contributed by atoms with Crippen LogP contribution in [0.3, 0.4) is 0 Å². The van der Waals surface area contributed by atoms with Crippen LogP contribution in [0, 0.1) is 5.92 Å². The van der Waals surface area contributed by atoms with Gasteiger partial charge in [0.15, 0.2) is 0 Å². The van der Waals surface area contributed by atoms with Crippen LogP contribution in [-0.2, 0) is 13.0 Å². The number of halogens is 1. The van der Waals surface area contributed by atoms with Crippen LogP contribution >= 0.6 is 23.7 Å². The predicted octanol–water partition coefficient (Wildman–Crippen LogP) is 2.78. The second-order valence-corrected chi connectivity index (χ2v) is 6.65. The molecule has 1 aliphatic rings. The molecule has 0 atom stereocenters. The van der Waals surface area contributed by atoms with E-state index in [1.165, 1.54) is 24.2 Å². The second-order valence-electron chi connectivity index (χ2n) is 5.71. The lowest BCUT2D eigenvalue weighted by Gasteiger charge is -2.11. The first-order chi connectivity index (χ1) is 11.3. The van der Waals surface area contributed by atoms with Gasteiger partial charge in [-0.1, -0.05) is 18.2 Å². The number of nitrogens with two attached hydrogens (primary N) is 1. The zero-order valence-corrected chi connectivity index (χ0v) is 15.0. The van der Waals surface area contributed by atoms with Crippen molar-refractivity contribution in [1.29, 1.82) is 0 Å². The highest BCUT2D eigenvalue weighted by Crippen LogP contribution is 2.30. The van der Waals surface area contributed by atoms with Gasteiger partial charge in [-0.25, -0.2) is 4.98 Å². The van der Waals surface area contributed by atoms with E-state index in [1.54, 1.807) is 5.38 Å². The van der Waals surface area contributed by atoms with Crippen molar-refractivity contribution in [3.8, 4) is 5.75 Å². The lowest BCUT2D eigenvalue weighted by molar-refractivity contribution is 0.0946. The van der Waals surface area contributed by atoms with Gasteiger partial charge in [0.05, 0.1) is 11.6 Å². The molecule has 0 bridgehead atoms. The third-order valence-corrected chi connectivity index (χ3v) is 4.63. The van der Waals surface area contributed by atoms with E-state index in [2.05, 4.69) is 10.3 Å². The molecule has 3 N–H and O–H groups in total. The summed E-state index contributed by atoms with van der Waals surface area (Å²) in [6.45, 7) is 1.74. The topological polar surface area (TPSA) is 77.2 Å². The van der Waals surface area contributed by atoms with Crippen LogP contribution in [0.2, 0.25) is 0 Å². The maximum absolute atomic E-state index is 12.2. The van der Waals surface area contributed by atoms with Crippen LogP contribution in [-0.4, -0.2) is 24.0 Å². The zero-order valence-electron chi connectivity index (χ0n) is 13.4. The van der Waals surface area contributed by atoms with Gasteiger partial charge < -0.3 is 15.8 Å². The molecule has 0 radical (unpaired) electrons. The quantitative estimate of drug-likeness (QED) is 0.752. The van der Waals surface area contributed by atoms with Crippen molar-refractivity contribution in [3.63, 3.8) is 0 Å². The van der Waals surface area contributed by atoms with Crippen molar-refractivity contribution in [2.75, 3.05) is 13.2 Å². The van der Waals surface area contributed by atoms with Gasteiger partial charge in [0.1, 0.15) is 11.4 Å². The average molecular weight is 368 g/mol. The second kappa shape index (κ2) is 9.01. The van der Waals surface area contributed by atoms with E-state index in [-0.39, 0.29) is 18.3 Å². The average Bonchev–Trinajstić information content (AvgIpc) is 3.29. The summed E-state index contributed by atoms with van der Waals surface area (Å²) in [7, 11) is 0. The Labute approximate surface area is 152 Å². The Morgan fingerprint density at radius 2 is 2.17 bits per heavy atom. The summed E-state index contributed by atoms with van der Waals surface area (Å²) in [5.41, 5.74) is 6.94. The van der Waals surface area contributed by atoms with Crippen LogP contribution in [0.15, 0.2) is 29.6 Å². The maximum Gasteiger partial charge on any atom is 0.271 e. The molecule has 1 fully saturated rings. The smallest absolute Gasteiger partial charge is 0.271 e. The molecule has 0 unspecified atom stereocenters. The first kappa shape index (κ1) is 18.7. The number of hydrogen-bond donors (Lipinski definition) is 2. The number of thiazole rings is 1. The van der Waals surface area contributed by atoms with Crippen LogP contribution in [0.4, 0.5) is 0 Å². The number of para-hydroxylation sites is 1. The molecular formula is C17H22ClN3O2S. The Bertz CT molecular complexity index is 673. The highest BCUT2D eigenvalue weighted by Gasteiger charge is 2.22. The molecule has 3 rings (SSSR count). The number of hydrogen-bond acceptors (Lipinski definition) is 5. The highest BCUT2D eigenvalue weighted by molar-refractivity contribution is 7.09. The van der Waals surface area contributed by atoms with Crippen LogP contribution < -0.4 is 15.8 Å². The van der Waals surface area contributed by atoms with Crippen molar-refractivity contribution >= 4 is 29.7 Å². The molecular weight excluding hydrogens is 346 g/mol. The lowest BCUT2D eigenvalue weighted by Crippen LogP contribution is -2.23. The molecule has 1 heterocycles. The van der Waals surface area contributed by atoms with Crippen molar-refractivity contribution in [3.05, 3.63) is 45.9 Å². The summed E-state index contributed by atoms with van der Waals surface area (Å²) in [6, 6.07) is 7.83. The molecule has 1 aromatic carbocycles. The SMILES string of the molecule is Cl.NCCc1nc(C(=O)NCc2ccccc2OCC2CC2)cs1. The molecule has 7 heteroatoms. The van der Waals surface area contributed by atoms with E-state index < -0.39 is 0 Å². The molecule has 2 aromatic rings. The number of nitrogens with one attached hydrogen (secondary N) is 1. The van der Waals surface area contributed by atoms with Crippen LogP contribution in [0.5, 0.6) is 5.75 Å².